The predicted molar refractivity (Wildman–Crippen MR) is 275 cm³/mol. The molecule has 3 unspecified atom stereocenters. The fraction of sp³-hybridized carbons (Fsp3) is 0.833. The average Bonchev–Trinajstić information content (AvgIpc) is 4.03. The van der Waals surface area contributed by atoms with E-state index >= 15 is 0 Å². The van der Waals surface area contributed by atoms with Crippen molar-refractivity contribution in [2.24, 2.45) is 57.8 Å². The van der Waals surface area contributed by atoms with Crippen LogP contribution in [0.1, 0.15) is 173 Å². The highest BCUT2D eigenvalue weighted by Crippen LogP contribution is 2.45. The lowest BCUT2D eigenvalue weighted by Gasteiger charge is -2.37. The number of hydrogen-bond acceptors (Lipinski definition) is 12. The van der Waals surface area contributed by atoms with E-state index < -0.39 is 100 Å². The predicted octanol–water partition coefficient (Wildman–Crippen LogP) is 4.36. The van der Waals surface area contributed by atoms with Crippen molar-refractivity contribution >= 4 is 53.4 Å². The molecule has 6 rings (SSSR count). The molecular weight excluding hydrogens is 953 g/mol. The van der Waals surface area contributed by atoms with E-state index in [4.69, 9.17) is 20.9 Å². The van der Waals surface area contributed by atoms with Crippen molar-refractivity contribution in [2.75, 3.05) is 13.1 Å². The van der Waals surface area contributed by atoms with Gasteiger partial charge in [-0.15, -0.1) is 0 Å². The highest BCUT2D eigenvalue weighted by molar-refractivity contribution is 6.37. The highest BCUT2D eigenvalue weighted by atomic mass is 16.6. The summed E-state index contributed by atoms with van der Waals surface area (Å²) < 4.78 is 10.8. The lowest BCUT2D eigenvalue weighted by Crippen LogP contribution is -2.60. The van der Waals surface area contributed by atoms with Crippen LogP contribution in [0.5, 0.6) is 0 Å². The van der Waals surface area contributed by atoms with Gasteiger partial charge in [0.25, 0.3) is 5.91 Å². The molecule has 9 N–H and O–H groups in total. The summed E-state index contributed by atoms with van der Waals surface area (Å²) in [5, 5.41) is 21.6. The number of carbonyl (C=O) groups is 9. The van der Waals surface area contributed by atoms with Crippen molar-refractivity contribution in [3.8, 4) is 0 Å². The van der Waals surface area contributed by atoms with Crippen LogP contribution in [0.2, 0.25) is 0 Å². The Balaban J connectivity index is 0.000000274. The van der Waals surface area contributed by atoms with E-state index in [9.17, 15) is 48.3 Å². The van der Waals surface area contributed by atoms with E-state index in [0.717, 1.165) is 77.0 Å². The summed E-state index contributed by atoms with van der Waals surface area (Å²) in [6.07, 6.45) is 9.35. The third-order valence-electron chi connectivity index (χ3n) is 15.9. The number of likely N-dealkylation sites (tertiary alicyclic amines) is 2. The molecular formula is C54H90N8O12. The smallest absolute Gasteiger partial charge is 0.408 e. The van der Waals surface area contributed by atoms with Crippen LogP contribution in [0.3, 0.4) is 0 Å². The first-order chi connectivity index (χ1) is 34.2. The number of ketones is 1. The maximum Gasteiger partial charge on any atom is 0.408 e. The van der Waals surface area contributed by atoms with Crippen molar-refractivity contribution in [1.82, 2.24) is 31.1 Å². The van der Waals surface area contributed by atoms with E-state index in [2.05, 4.69) is 21.3 Å². The monoisotopic (exact) mass is 1040 g/mol. The Hall–Kier alpha value is -5.01. The molecule has 4 aliphatic carbocycles. The molecule has 6 aliphatic rings. The zero-order valence-corrected chi connectivity index (χ0v) is 46.3. The first-order valence-electron chi connectivity index (χ1n) is 27.2. The molecule has 20 heteroatoms. The number of amides is 8. The van der Waals surface area contributed by atoms with E-state index in [1.807, 2.05) is 41.5 Å². The van der Waals surface area contributed by atoms with Crippen LogP contribution in [-0.4, -0.2) is 135 Å². The molecule has 0 aromatic heterocycles. The Morgan fingerprint density at radius 3 is 1.26 bits per heavy atom. The van der Waals surface area contributed by atoms with Crippen molar-refractivity contribution in [3.63, 3.8) is 0 Å². The molecule has 0 radical (unpaired) electrons. The van der Waals surface area contributed by atoms with Crippen molar-refractivity contribution in [3.05, 3.63) is 0 Å². The first kappa shape index (κ1) is 59.9. The number of alkyl carbamates (subject to hydrolysis) is 2. The molecule has 0 spiro atoms. The number of hydrogen-bond donors (Lipinski definition) is 7. The summed E-state index contributed by atoms with van der Waals surface area (Å²) in [6, 6.07) is -5.14. The fourth-order valence-corrected chi connectivity index (χ4v) is 11.8. The van der Waals surface area contributed by atoms with Crippen LogP contribution in [-0.2, 0) is 43.0 Å². The fourth-order valence-electron chi connectivity index (χ4n) is 11.8. The number of nitrogens with one attached hydrogen (secondary N) is 4. The van der Waals surface area contributed by atoms with Crippen LogP contribution < -0.4 is 32.7 Å². The number of Topliss-reactive ketones (excluding diaryl/α,β-unsaturated/α-hetero) is 1. The molecule has 2 saturated heterocycles. The van der Waals surface area contributed by atoms with Gasteiger partial charge in [-0.3, -0.25) is 33.6 Å². The van der Waals surface area contributed by atoms with Gasteiger partial charge in [0.2, 0.25) is 35.3 Å². The van der Waals surface area contributed by atoms with E-state index in [-0.39, 0.29) is 47.3 Å². The topological polar surface area (TPSA) is 299 Å². The Kier molecular flexibility index (Phi) is 19.3. The van der Waals surface area contributed by atoms with Gasteiger partial charge in [-0.25, -0.2) is 9.59 Å². The summed E-state index contributed by atoms with van der Waals surface area (Å²) >= 11 is 0. The minimum Gasteiger partial charge on any atom is -0.444 e. The second-order valence-electron chi connectivity index (χ2n) is 26.3. The molecule has 6 fully saturated rings. The van der Waals surface area contributed by atoms with Gasteiger partial charge < -0.3 is 57.1 Å². The van der Waals surface area contributed by atoms with Gasteiger partial charge in [0.05, 0.1) is 12.1 Å². The van der Waals surface area contributed by atoms with Gasteiger partial charge >= 0.3 is 12.2 Å². The van der Waals surface area contributed by atoms with Crippen molar-refractivity contribution in [1.29, 1.82) is 0 Å². The number of aliphatic hydroxyl groups excluding tert-OH is 1. The standard InChI is InChI=1S/C27H46N4O6.C27H44N4O6/c2*1-26(2,3)21(30-25(36)37-27(4,5)6)24(35)31-14-16-11-8-12-17(16)19(31)23(34)29-18(20(32)22(28)33)13-15-9-7-10-15/h15-21,32H,7-14H2,1-6H3,(H2,28,33)(H,29,34)(H,30,36);15-19,21H,7-14H2,1-6H3,(H2,28,33)(H,29,34)(H,30,36)/t16-,17-,18?,19-,20?,21+;16-,17-,18?,19-,21+/m00/s1. The average molecular weight is 1040 g/mol. The normalized spacial score (nSPS) is 26.0. The zero-order chi connectivity index (χ0) is 55.4. The van der Waals surface area contributed by atoms with Gasteiger partial charge in [0.15, 0.2) is 6.10 Å². The lowest BCUT2D eigenvalue weighted by atomic mass is 9.79. The Labute approximate surface area is 438 Å². The molecule has 2 aliphatic heterocycles. The number of aliphatic hydroxyl groups is 1. The van der Waals surface area contributed by atoms with Crippen LogP contribution in [0.15, 0.2) is 0 Å². The second kappa shape index (κ2) is 23.9. The molecule has 11 atom stereocenters. The number of nitrogens with zero attached hydrogens (tertiary/aromatic N) is 2. The second-order valence-corrected chi connectivity index (χ2v) is 26.3. The summed E-state index contributed by atoms with van der Waals surface area (Å²) in [4.78, 5) is 120. The van der Waals surface area contributed by atoms with E-state index in [0.29, 0.717) is 31.8 Å². The van der Waals surface area contributed by atoms with E-state index in [1.54, 1.807) is 51.3 Å². The highest BCUT2D eigenvalue weighted by Gasteiger charge is 2.54. The number of ether oxygens (including phenoxy) is 2. The number of primary amides is 2. The third kappa shape index (κ3) is 15.5. The molecule has 4 saturated carbocycles. The largest absolute Gasteiger partial charge is 0.444 e. The van der Waals surface area contributed by atoms with Gasteiger partial charge in [0, 0.05) is 13.1 Å². The SMILES string of the molecule is CC(C)(C)OC(=O)N[C@H](C(=O)N1C[C@@H]2CCC[C@@H]2[C@H]1C(=O)NC(CC1CCC1)C(=O)C(N)=O)C(C)(C)C.CC(C)(C)OC(=O)N[C@H](C(=O)N1C[C@@H]2CCC[C@@H]2[C@H]1C(=O)NC(CC1CCC1)C(O)C(N)=O)C(C)(C)C. The molecule has 0 bridgehead atoms. The molecule has 74 heavy (non-hydrogen) atoms. The lowest BCUT2D eigenvalue weighted by molar-refractivity contribution is -0.144. The number of fused-ring (bicyclic) bond motifs is 2. The van der Waals surface area contributed by atoms with Gasteiger partial charge in [-0.2, -0.15) is 0 Å². The number of carbonyl (C=O) groups excluding carboxylic acids is 9. The summed E-state index contributed by atoms with van der Waals surface area (Å²) in [5.41, 5.74) is 7.92. The van der Waals surface area contributed by atoms with Gasteiger partial charge in [0.1, 0.15) is 35.4 Å². The van der Waals surface area contributed by atoms with Crippen LogP contribution in [0.25, 0.3) is 0 Å². The van der Waals surface area contributed by atoms with Crippen molar-refractivity contribution < 1.29 is 57.7 Å². The molecule has 0 aromatic carbocycles. The quantitative estimate of drug-likeness (QED) is 0.106. The van der Waals surface area contributed by atoms with Crippen LogP contribution in [0, 0.1) is 46.3 Å². The third-order valence-corrected chi connectivity index (χ3v) is 15.9. The van der Waals surface area contributed by atoms with Gasteiger partial charge in [-0.1, -0.05) is 92.9 Å². The molecule has 8 amide bonds. The van der Waals surface area contributed by atoms with E-state index in [1.165, 1.54) is 0 Å². The van der Waals surface area contributed by atoms with Crippen LogP contribution in [0.4, 0.5) is 9.59 Å². The Morgan fingerprint density at radius 1 is 0.541 bits per heavy atom. The van der Waals surface area contributed by atoms with Crippen LogP contribution >= 0.6 is 0 Å². The Morgan fingerprint density at radius 2 is 0.919 bits per heavy atom. The maximum atomic E-state index is 14.0. The summed E-state index contributed by atoms with van der Waals surface area (Å²) in [7, 11) is 0. The minimum absolute atomic E-state index is 0.0128. The Bertz CT molecular complexity index is 2080. The molecule has 2 heterocycles. The maximum absolute atomic E-state index is 14.0. The molecule has 0 aromatic rings. The van der Waals surface area contributed by atoms with Gasteiger partial charge in [-0.05, 0) is 126 Å². The summed E-state index contributed by atoms with van der Waals surface area (Å²) in [6.45, 7) is 22.4. The minimum atomic E-state index is -1.49. The number of rotatable bonds is 16. The first-order valence-corrected chi connectivity index (χ1v) is 27.2. The zero-order valence-electron chi connectivity index (χ0n) is 46.3. The number of nitrogens with two attached hydrogens (primary N) is 2. The van der Waals surface area contributed by atoms with Crippen molar-refractivity contribution in [2.45, 2.75) is 227 Å². The summed E-state index contributed by atoms with van der Waals surface area (Å²) in [5.74, 6) is -3.38. The molecule has 418 valence electrons. The molecule has 20 nitrogen and oxygen atoms in total.